The molecular formula is C15H23ClN2O. The minimum Gasteiger partial charge on any atom is -0.337 e. The molecular weight excluding hydrogens is 260 g/mol. The second-order valence-corrected chi connectivity index (χ2v) is 5.34. The summed E-state index contributed by atoms with van der Waals surface area (Å²) >= 11 is 0. The van der Waals surface area contributed by atoms with Gasteiger partial charge in [0.15, 0.2) is 0 Å². The van der Waals surface area contributed by atoms with Crippen molar-refractivity contribution in [1.82, 2.24) is 10.2 Å². The predicted molar refractivity (Wildman–Crippen MR) is 81.1 cm³/mol. The highest BCUT2D eigenvalue weighted by Gasteiger charge is 2.23. The Morgan fingerprint density at radius 1 is 1.32 bits per heavy atom. The Bertz CT molecular complexity index is 411. The highest BCUT2D eigenvalue weighted by Crippen LogP contribution is 2.17. The summed E-state index contributed by atoms with van der Waals surface area (Å²) in [4.78, 5) is 14.2. The highest BCUT2D eigenvalue weighted by atomic mass is 35.5. The number of benzene rings is 1. The van der Waals surface area contributed by atoms with Crippen LogP contribution in [0, 0.1) is 0 Å². The summed E-state index contributed by atoms with van der Waals surface area (Å²) in [5.74, 6) is 0.630. The molecule has 0 aliphatic carbocycles. The predicted octanol–water partition coefficient (Wildman–Crippen LogP) is 2.67. The van der Waals surface area contributed by atoms with Gasteiger partial charge < -0.3 is 10.2 Å². The van der Waals surface area contributed by atoms with E-state index in [0.717, 1.165) is 25.1 Å². The number of rotatable bonds is 3. The second-order valence-electron chi connectivity index (χ2n) is 5.34. The molecule has 1 aliphatic heterocycles. The van der Waals surface area contributed by atoms with E-state index in [-0.39, 0.29) is 18.3 Å². The van der Waals surface area contributed by atoms with Gasteiger partial charge in [-0.15, -0.1) is 12.4 Å². The second kappa shape index (κ2) is 6.92. The Balaban J connectivity index is 0.00000180. The zero-order chi connectivity index (χ0) is 13.1. The number of nitrogens with zero attached hydrogens (tertiary/aromatic N) is 1. The molecule has 1 aliphatic rings. The van der Waals surface area contributed by atoms with Crippen LogP contribution in [0.3, 0.4) is 0 Å². The van der Waals surface area contributed by atoms with E-state index >= 15 is 0 Å². The van der Waals surface area contributed by atoms with Gasteiger partial charge in [0.2, 0.25) is 0 Å². The number of hydrogen-bond donors (Lipinski definition) is 1. The Kier molecular flexibility index (Phi) is 5.83. The Morgan fingerprint density at radius 2 is 1.95 bits per heavy atom. The van der Waals surface area contributed by atoms with Crippen molar-refractivity contribution in [3.05, 3.63) is 35.4 Å². The summed E-state index contributed by atoms with van der Waals surface area (Å²) in [6, 6.07) is 8.33. The molecule has 1 heterocycles. The average molecular weight is 283 g/mol. The maximum Gasteiger partial charge on any atom is 0.253 e. The summed E-state index contributed by atoms with van der Waals surface area (Å²) in [5, 5.41) is 3.29. The number of nitrogens with one attached hydrogen (secondary N) is 1. The summed E-state index contributed by atoms with van der Waals surface area (Å²) < 4.78 is 0. The molecule has 0 radical (unpaired) electrons. The minimum absolute atomic E-state index is 0. The van der Waals surface area contributed by atoms with Gasteiger partial charge >= 0.3 is 0 Å². The summed E-state index contributed by atoms with van der Waals surface area (Å²) in [6.45, 7) is 6.24. The summed E-state index contributed by atoms with van der Waals surface area (Å²) in [7, 11) is 1.90. The maximum atomic E-state index is 12.3. The zero-order valence-electron chi connectivity index (χ0n) is 11.8. The van der Waals surface area contributed by atoms with Crippen LogP contribution in [-0.2, 0) is 0 Å². The molecule has 1 fully saturated rings. The molecule has 19 heavy (non-hydrogen) atoms. The normalized spacial score (nSPS) is 18.2. The molecule has 4 heteroatoms. The Labute approximate surface area is 121 Å². The number of carbonyl (C=O) groups is 1. The fraction of sp³-hybridized carbons (Fsp3) is 0.533. The van der Waals surface area contributed by atoms with Crippen molar-refractivity contribution in [3.8, 4) is 0 Å². The standard InChI is InChI=1S/C15H22N2O.ClH/c1-11(2)12-4-6-13(7-5-12)15(18)17(3)14-8-9-16-10-14;/h4-7,11,14,16H,8-10H2,1-3H3;1H/t14-;/m0./s1. The monoisotopic (exact) mass is 282 g/mol. The van der Waals surface area contributed by atoms with Crippen molar-refractivity contribution in [1.29, 1.82) is 0 Å². The van der Waals surface area contributed by atoms with E-state index in [1.807, 2.05) is 24.1 Å². The van der Waals surface area contributed by atoms with Crippen LogP contribution in [0.4, 0.5) is 0 Å². The van der Waals surface area contributed by atoms with Gasteiger partial charge in [-0.2, -0.15) is 0 Å². The van der Waals surface area contributed by atoms with Gasteiger partial charge in [-0.1, -0.05) is 26.0 Å². The summed E-state index contributed by atoms with van der Waals surface area (Å²) in [5.41, 5.74) is 2.06. The molecule has 1 aromatic rings. The first kappa shape index (κ1) is 16.0. The molecule has 1 N–H and O–H groups in total. The fourth-order valence-electron chi connectivity index (χ4n) is 2.35. The molecule has 106 valence electrons. The van der Waals surface area contributed by atoms with Crippen LogP contribution in [0.1, 0.15) is 42.1 Å². The molecule has 1 aromatic carbocycles. The van der Waals surface area contributed by atoms with Crippen LogP contribution in [0.25, 0.3) is 0 Å². The van der Waals surface area contributed by atoms with E-state index in [9.17, 15) is 4.79 Å². The van der Waals surface area contributed by atoms with E-state index in [4.69, 9.17) is 0 Å². The van der Waals surface area contributed by atoms with Gasteiger partial charge in [0.25, 0.3) is 5.91 Å². The van der Waals surface area contributed by atoms with E-state index in [1.165, 1.54) is 5.56 Å². The summed E-state index contributed by atoms with van der Waals surface area (Å²) in [6.07, 6.45) is 1.05. The van der Waals surface area contributed by atoms with Gasteiger partial charge in [-0.3, -0.25) is 4.79 Å². The molecule has 3 nitrogen and oxygen atoms in total. The average Bonchev–Trinajstić information content (AvgIpc) is 2.91. The fourth-order valence-corrected chi connectivity index (χ4v) is 2.35. The van der Waals surface area contributed by atoms with Gasteiger partial charge in [0.1, 0.15) is 0 Å². The van der Waals surface area contributed by atoms with Crippen LogP contribution in [0.5, 0.6) is 0 Å². The van der Waals surface area contributed by atoms with E-state index < -0.39 is 0 Å². The van der Waals surface area contributed by atoms with Crippen LogP contribution in [-0.4, -0.2) is 37.0 Å². The van der Waals surface area contributed by atoms with Crippen LogP contribution < -0.4 is 5.32 Å². The van der Waals surface area contributed by atoms with Gasteiger partial charge in [-0.05, 0) is 36.6 Å². The lowest BCUT2D eigenvalue weighted by molar-refractivity contribution is 0.0744. The van der Waals surface area contributed by atoms with Crippen LogP contribution >= 0.6 is 12.4 Å². The van der Waals surface area contributed by atoms with Crippen molar-refractivity contribution in [2.45, 2.75) is 32.2 Å². The van der Waals surface area contributed by atoms with Crippen molar-refractivity contribution in [3.63, 3.8) is 0 Å². The first-order chi connectivity index (χ1) is 8.59. The maximum absolute atomic E-state index is 12.3. The number of amides is 1. The quantitative estimate of drug-likeness (QED) is 0.924. The molecule has 1 atom stereocenters. The molecule has 2 rings (SSSR count). The smallest absolute Gasteiger partial charge is 0.253 e. The molecule has 0 unspecified atom stereocenters. The SMILES string of the molecule is CC(C)c1ccc(C(=O)N(C)[C@H]2CCNC2)cc1.Cl. The Hall–Kier alpha value is -1.06. The first-order valence-corrected chi connectivity index (χ1v) is 6.67. The van der Waals surface area contributed by atoms with Crippen molar-refractivity contribution in [2.75, 3.05) is 20.1 Å². The highest BCUT2D eigenvalue weighted by molar-refractivity contribution is 5.94. The molecule has 0 saturated carbocycles. The number of carbonyl (C=O) groups excluding carboxylic acids is 1. The molecule has 0 spiro atoms. The van der Waals surface area contributed by atoms with Gasteiger partial charge in [0.05, 0.1) is 0 Å². The van der Waals surface area contributed by atoms with Crippen molar-refractivity contribution >= 4 is 18.3 Å². The van der Waals surface area contributed by atoms with Crippen molar-refractivity contribution in [2.24, 2.45) is 0 Å². The van der Waals surface area contributed by atoms with Gasteiger partial charge in [0, 0.05) is 25.2 Å². The van der Waals surface area contributed by atoms with E-state index in [2.05, 4.69) is 31.3 Å². The molecule has 0 aromatic heterocycles. The zero-order valence-corrected chi connectivity index (χ0v) is 12.7. The number of halogens is 1. The van der Waals surface area contributed by atoms with Crippen LogP contribution in [0.2, 0.25) is 0 Å². The third-order valence-corrected chi connectivity index (χ3v) is 3.73. The van der Waals surface area contributed by atoms with Crippen LogP contribution in [0.15, 0.2) is 24.3 Å². The lowest BCUT2D eigenvalue weighted by Gasteiger charge is -2.24. The largest absolute Gasteiger partial charge is 0.337 e. The Morgan fingerprint density at radius 3 is 2.42 bits per heavy atom. The third kappa shape index (κ3) is 3.71. The third-order valence-electron chi connectivity index (χ3n) is 3.73. The first-order valence-electron chi connectivity index (χ1n) is 6.67. The lowest BCUT2D eigenvalue weighted by atomic mass is 10.0. The number of likely N-dealkylation sites (N-methyl/N-ethyl adjacent to an activating group) is 1. The van der Waals surface area contributed by atoms with E-state index in [0.29, 0.717) is 12.0 Å². The van der Waals surface area contributed by atoms with Gasteiger partial charge in [-0.25, -0.2) is 0 Å². The topological polar surface area (TPSA) is 32.3 Å². The van der Waals surface area contributed by atoms with E-state index in [1.54, 1.807) is 0 Å². The molecule has 0 bridgehead atoms. The number of hydrogen-bond acceptors (Lipinski definition) is 2. The van der Waals surface area contributed by atoms with Crippen molar-refractivity contribution < 1.29 is 4.79 Å². The molecule has 1 saturated heterocycles. The molecule has 1 amide bonds. The lowest BCUT2D eigenvalue weighted by Crippen LogP contribution is -2.38. The minimum atomic E-state index is 0.